The molecular formula is C12H18OS. The second kappa shape index (κ2) is 5.97. The molecule has 0 unspecified atom stereocenters. The number of hydrogen-bond donors (Lipinski definition) is 2. The van der Waals surface area contributed by atoms with E-state index in [9.17, 15) is 5.11 Å². The van der Waals surface area contributed by atoms with E-state index in [1.807, 2.05) is 12.1 Å². The molecule has 0 aromatic heterocycles. The van der Waals surface area contributed by atoms with Crippen molar-refractivity contribution in [1.29, 1.82) is 0 Å². The number of rotatable bonds is 5. The van der Waals surface area contributed by atoms with Gasteiger partial charge in [-0.25, -0.2) is 0 Å². The van der Waals surface area contributed by atoms with Crippen molar-refractivity contribution in [3.63, 3.8) is 0 Å². The molecule has 0 radical (unpaired) electrons. The lowest BCUT2D eigenvalue weighted by Gasteiger charge is -2.08. The molecule has 0 atom stereocenters. The molecule has 1 N–H and O–H groups in total. The highest BCUT2D eigenvalue weighted by Gasteiger charge is 2.02. The van der Waals surface area contributed by atoms with Crippen LogP contribution in [-0.2, 0) is 12.8 Å². The Morgan fingerprint density at radius 3 is 2.64 bits per heavy atom. The van der Waals surface area contributed by atoms with Crippen LogP contribution in [0.5, 0.6) is 5.75 Å². The molecule has 0 amide bonds. The third kappa shape index (κ3) is 3.26. The average molecular weight is 210 g/mol. The van der Waals surface area contributed by atoms with Crippen LogP contribution in [0.25, 0.3) is 0 Å². The molecule has 2 heteroatoms. The van der Waals surface area contributed by atoms with Gasteiger partial charge in [0, 0.05) is 0 Å². The van der Waals surface area contributed by atoms with E-state index in [0.29, 0.717) is 5.75 Å². The highest BCUT2D eigenvalue weighted by atomic mass is 32.1. The second-order valence-electron chi connectivity index (χ2n) is 3.53. The number of thiol groups is 1. The predicted octanol–water partition coefficient (Wildman–Crippen LogP) is 3.21. The SMILES string of the molecule is CCCc1ccc(O)cc1CCCS. The summed E-state index contributed by atoms with van der Waals surface area (Å²) in [6.07, 6.45) is 4.34. The zero-order valence-corrected chi connectivity index (χ0v) is 9.56. The van der Waals surface area contributed by atoms with Crippen molar-refractivity contribution in [3.05, 3.63) is 29.3 Å². The van der Waals surface area contributed by atoms with Gasteiger partial charge in [-0.15, -0.1) is 0 Å². The molecular weight excluding hydrogens is 192 g/mol. The quantitative estimate of drug-likeness (QED) is 0.715. The van der Waals surface area contributed by atoms with E-state index in [1.165, 1.54) is 11.1 Å². The van der Waals surface area contributed by atoms with E-state index in [4.69, 9.17) is 0 Å². The van der Waals surface area contributed by atoms with Crippen molar-refractivity contribution in [2.24, 2.45) is 0 Å². The van der Waals surface area contributed by atoms with Crippen molar-refractivity contribution in [1.82, 2.24) is 0 Å². The fourth-order valence-corrected chi connectivity index (χ4v) is 1.79. The molecule has 0 fully saturated rings. The first kappa shape index (κ1) is 11.4. The summed E-state index contributed by atoms with van der Waals surface area (Å²) in [6.45, 7) is 2.18. The topological polar surface area (TPSA) is 20.2 Å². The van der Waals surface area contributed by atoms with Gasteiger partial charge in [-0.05, 0) is 48.3 Å². The Labute approximate surface area is 91.6 Å². The summed E-state index contributed by atoms with van der Waals surface area (Å²) in [7, 11) is 0. The molecule has 14 heavy (non-hydrogen) atoms. The lowest BCUT2D eigenvalue weighted by Crippen LogP contribution is -1.94. The normalized spacial score (nSPS) is 10.4. The van der Waals surface area contributed by atoms with Crippen LogP contribution >= 0.6 is 12.6 Å². The fraction of sp³-hybridized carbons (Fsp3) is 0.500. The van der Waals surface area contributed by atoms with Gasteiger partial charge in [-0.2, -0.15) is 12.6 Å². The zero-order valence-electron chi connectivity index (χ0n) is 8.66. The van der Waals surface area contributed by atoms with Crippen LogP contribution in [0.2, 0.25) is 0 Å². The Hall–Kier alpha value is -0.630. The third-order valence-corrected chi connectivity index (χ3v) is 2.63. The Kier molecular flexibility index (Phi) is 4.88. The number of phenols is 1. The first-order chi connectivity index (χ1) is 6.77. The monoisotopic (exact) mass is 210 g/mol. The van der Waals surface area contributed by atoms with E-state index in [1.54, 1.807) is 6.07 Å². The fourth-order valence-electron chi connectivity index (χ4n) is 1.63. The van der Waals surface area contributed by atoms with Gasteiger partial charge in [-0.3, -0.25) is 0 Å². The van der Waals surface area contributed by atoms with E-state index >= 15 is 0 Å². The van der Waals surface area contributed by atoms with Gasteiger partial charge >= 0.3 is 0 Å². The number of phenolic OH excluding ortho intramolecular Hbond substituents is 1. The minimum Gasteiger partial charge on any atom is -0.508 e. The summed E-state index contributed by atoms with van der Waals surface area (Å²) >= 11 is 4.20. The first-order valence-corrected chi connectivity index (χ1v) is 5.82. The molecule has 0 bridgehead atoms. The summed E-state index contributed by atoms with van der Waals surface area (Å²) in [6, 6.07) is 5.69. The van der Waals surface area contributed by atoms with Crippen LogP contribution in [0.15, 0.2) is 18.2 Å². The molecule has 78 valence electrons. The van der Waals surface area contributed by atoms with Gasteiger partial charge in [0.25, 0.3) is 0 Å². The van der Waals surface area contributed by atoms with Gasteiger partial charge in [0.05, 0.1) is 0 Å². The van der Waals surface area contributed by atoms with Crippen molar-refractivity contribution in [3.8, 4) is 5.75 Å². The number of aromatic hydroxyl groups is 1. The molecule has 0 aliphatic heterocycles. The maximum atomic E-state index is 9.39. The van der Waals surface area contributed by atoms with E-state index in [-0.39, 0.29) is 0 Å². The summed E-state index contributed by atoms with van der Waals surface area (Å²) in [5.41, 5.74) is 2.65. The third-order valence-electron chi connectivity index (χ3n) is 2.31. The van der Waals surface area contributed by atoms with E-state index in [0.717, 1.165) is 31.4 Å². The predicted molar refractivity (Wildman–Crippen MR) is 64.3 cm³/mol. The highest BCUT2D eigenvalue weighted by molar-refractivity contribution is 7.80. The van der Waals surface area contributed by atoms with Gasteiger partial charge in [0.2, 0.25) is 0 Å². The van der Waals surface area contributed by atoms with E-state index in [2.05, 4.69) is 19.6 Å². The smallest absolute Gasteiger partial charge is 0.115 e. The summed E-state index contributed by atoms with van der Waals surface area (Å²) < 4.78 is 0. The van der Waals surface area contributed by atoms with Crippen molar-refractivity contribution in [2.75, 3.05) is 5.75 Å². The van der Waals surface area contributed by atoms with Crippen LogP contribution in [0.4, 0.5) is 0 Å². The molecule has 1 aromatic carbocycles. The van der Waals surface area contributed by atoms with Crippen LogP contribution in [0.3, 0.4) is 0 Å². The summed E-state index contributed by atoms with van der Waals surface area (Å²) in [5, 5.41) is 9.39. The van der Waals surface area contributed by atoms with Crippen LogP contribution < -0.4 is 0 Å². The standard InChI is InChI=1S/C12H18OS/c1-2-4-10-6-7-12(13)9-11(10)5-3-8-14/h6-7,9,13-14H,2-5,8H2,1H3. The molecule has 1 aromatic rings. The molecule has 1 nitrogen and oxygen atoms in total. The molecule has 0 heterocycles. The molecule has 0 spiro atoms. The molecule has 0 aliphatic carbocycles. The van der Waals surface area contributed by atoms with Gasteiger partial charge in [-0.1, -0.05) is 19.4 Å². The van der Waals surface area contributed by atoms with Crippen molar-refractivity contribution < 1.29 is 5.11 Å². The van der Waals surface area contributed by atoms with Crippen LogP contribution in [0, 0.1) is 0 Å². The number of hydrogen-bond acceptors (Lipinski definition) is 2. The Balaban J connectivity index is 2.79. The number of benzene rings is 1. The maximum Gasteiger partial charge on any atom is 0.115 e. The first-order valence-electron chi connectivity index (χ1n) is 5.19. The van der Waals surface area contributed by atoms with E-state index < -0.39 is 0 Å². The van der Waals surface area contributed by atoms with Gasteiger partial charge < -0.3 is 5.11 Å². The highest BCUT2D eigenvalue weighted by Crippen LogP contribution is 2.19. The van der Waals surface area contributed by atoms with Gasteiger partial charge in [0.1, 0.15) is 5.75 Å². The van der Waals surface area contributed by atoms with Crippen LogP contribution in [-0.4, -0.2) is 10.9 Å². The Morgan fingerprint density at radius 1 is 1.21 bits per heavy atom. The van der Waals surface area contributed by atoms with Crippen molar-refractivity contribution >= 4 is 12.6 Å². The second-order valence-corrected chi connectivity index (χ2v) is 3.98. The molecule has 1 rings (SSSR count). The summed E-state index contributed by atoms with van der Waals surface area (Å²) in [5.74, 6) is 1.28. The lowest BCUT2D eigenvalue weighted by atomic mass is 9.99. The zero-order chi connectivity index (χ0) is 10.4. The Morgan fingerprint density at radius 2 is 2.00 bits per heavy atom. The number of aryl methyl sites for hydroxylation is 2. The van der Waals surface area contributed by atoms with Crippen LogP contribution in [0.1, 0.15) is 30.9 Å². The minimum absolute atomic E-state index is 0.374. The minimum atomic E-state index is 0.374. The summed E-state index contributed by atoms with van der Waals surface area (Å²) in [4.78, 5) is 0. The maximum absolute atomic E-state index is 9.39. The lowest BCUT2D eigenvalue weighted by molar-refractivity contribution is 0.474. The molecule has 0 saturated carbocycles. The van der Waals surface area contributed by atoms with Gasteiger partial charge in [0.15, 0.2) is 0 Å². The average Bonchev–Trinajstić information content (AvgIpc) is 2.18. The molecule has 0 aliphatic rings. The Bertz CT molecular complexity index is 284. The largest absolute Gasteiger partial charge is 0.508 e. The molecule has 0 saturated heterocycles. The van der Waals surface area contributed by atoms with Crippen molar-refractivity contribution in [2.45, 2.75) is 32.6 Å².